The fraction of sp³-hybridized carbons (Fsp3) is 0.933. The lowest BCUT2D eigenvalue weighted by Crippen LogP contribution is -2.53. The summed E-state index contributed by atoms with van der Waals surface area (Å²) in [6.07, 6.45) is 6.41. The molecule has 1 fully saturated rings. The van der Waals surface area contributed by atoms with Gasteiger partial charge in [-0.05, 0) is 51.3 Å². The van der Waals surface area contributed by atoms with E-state index in [9.17, 15) is 4.79 Å². The molecule has 0 spiro atoms. The van der Waals surface area contributed by atoms with Crippen LogP contribution in [0.15, 0.2) is 0 Å². The first kappa shape index (κ1) is 17.8. The van der Waals surface area contributed by atoms with Crippen molar-refractivity contribution in [2.45, 2.75) is 63.2 Å². The molecule has 1 rings (SSSR count). The zero-order valence-electron chi connectivity index (χ0n) is 13.0. The molecule has 4 nitrogen and oxygen atoms in total. The van der Waals surface area contributed by atoms with Crippen molar-refractivity contribution in [1.82, 2.24) is 5.32 Å². The number of hydrogen-bond donors (Lipinski definition) is 2. The second-order valence-corrected chi connectivity index (χ2v) is 7.17. The van der Waals surface area contributed by atoms with Gasteiger partial charge >= 0.3 is 0 Å². The van der Waals surface area contributed by atoms with E-state index in [-0.39, 0.29) is 5.91 Å². The van der Waals surface area contributed by atoms with E-state index in [0.717, 1.165) is 50.7 Å². The molecular weight excluding hydrogens is 272 g/mol. The number of carbonyl (C=O) groups excluding carboxylic acids is 1. The highest BCUT2D eigenvalue weighted by molar-refractivity contribution is 7.99. The summed E-state index contributed by atoms with van der Waals surface area (Å²) in [6.45, 7) is 6.70. The number of amides is 1. The van der Waals surface area contributed by atoms with Crippen molar-refractivity contribution in [3.8, 4) is 0 Å². The summed E-state index contributed by atoms with van der Waals surface area (Å²) in [4.78, 5) is 11.6. The molecule has 0 saturated carbocycles. The van der Waals surface area contributed by atoms with Crippen molar-refractivity contribution < 1.29 is 9.53 Å². The van der Waals surface area contributed by atoms with Gasteiger partial charge < -0.3 is 15.8 Å². The van der Waals surface area contributed by atoms with Crippen LogP contribution in [0.1, 0.15) is 52.4 Å². The molecule has 20 heavy (non-hydrogen) atoms. The molecule has 0 aromatic carbocycles. The summed E-state index contributed by atoms with van der Waals surface area (Å²) in [6, 6.07) is 0. The summed E-state index contributed by atoms with van der Waals surface area (Å²) < 4.78 is 5.36. The third-order valence-electron chi connectivity index (χ3n) is 3.90. The second kappa shape index (κ2) is 9.64. The molecule has 3 N–H and O–H groups in total. The van der Waals surface area contributed by atoms with Gasteiger partial charge in [0.2, 0.25) is 5.91 Å². The van der Waals surface area contributed by atoms with Crippen molar-refractivity contribution in [2.75, 3.05) is 25.5 Å². The van der Waals surface area contributed by atoms with E-state index in [1.54, 1.807) is 0 Å². The standard InChI is InChI=1S/C15H30N2O2S/c1-3-9-17-15(2,14(16)18)8-4-5-12-20-13-6-10-19-11-7-13/h13,17H,3-12H2,1-2H3,(H2,16,18). The monoisotopic (exact) mass is 302 g/mol. The Labute approximate surface area is 127 Å². The summed E-state index contributed by atoms with van der Waals surface area (Å²) >= 11 is 2.06. The van der Waals surface area contributed by atoms with Gasteiger partial charge in [0.1, 0.15) is 0 Å². The number of hydrogen-bond acceptors (Lipinski definition) is 4. The maximum absolute atomic E-state index is 11.6. The normalized spacial score (nSPS) is 19.7. The van der Waals surface area contributed by atoms with E-state index in [1.807, 2.05) is 6.92 Å². The van der Waals surface area contributed by atoms with Crippen LogP contribution in [0.2, 0.25) is 0 Å². The molecule has 1 unspecified atom stereocenters. The van der Waals surface area contributed by atoms with Gasteiger partial charge in [-0.25, -0.2) is 0 Å². The lowest BCUT2D eigenvalue weighted by Gasteiger charge is -2.27. The molecular formula is C15H30N2O2S. The lowest BCUT2D eigenvalue weighted by atomic mass is 9.94. The zero-order valence-corrected chi connectivity index (χ0v) is 13.8. The number of ether oxygens (including phenoxy) is 1. The number of nitrogens with two attached hydrogens (primary N) is 1. The highest BCUT2D eigenvalue weighted by atomic mass is 32.2. The zero-order chi connectivity index (χ0) is 14.8. The number of carbonyl (C=O) groups is 1. The molecule has 118 valence electrons. The number of unbranched alkanes of at least 4 members (excludes halogenated alkanes) is 1. The van der Waals surface area contributed by atoms with Gasteiger partial charge in [-0.3, -0.25) is 4.79 Å². The van der Waals surface area contributed by atoms with Crippen LogP contribution in [0.5, 0.6) is 0 Å². The minimum Gasteiger partial charge on any atom is -0.381 e. The highest BCUT2D eigenvalue weighted by Gasteiger charge is 2.29. The molecule has 1 saturated heterocycles. The first-order chi connectivity index (χ1) is 9.58. The number of rotatable bonds is 10. The average molecular weight is 302 g/mol. The Hall–Kier alpha value is -0.260. The summed E-state index contributed by atoms with van der Waals surface area (Å²) in [7, 11) is 0. The largest absolute Gasteiger partial charge is 0.381 e. The first-order valence-electron chi connectivity index (χ1n) is 7.83. The van der Waals surface area contributed by atoms with Crippen LogP contribution in [0.3, 0.4) is 0 Å². The molecule has 1 amide bonds. The lowest BCUT2D eigenvalue weighted by molar-refractivity contribution is -0.124. The molecule has 0 aromatic heterocycles. The molecule has 5 heteroatoms. The second-order valence-electron chi connectivity index (χ2n) is 5.76. The van der Waals surface area contributed by atoms with Crippen LogP contribution < -0.4 is 11.1 Å². The van der Waals surface area contributed by atoms with Crippen molar-refractivity contribution in [1.29, 1.82) is 0 Å². The van der Waals surface area contributed by atoms with Gasteiger partial charge in [-0.2, -0.15) is 11.8 Å². The Bertz CT molecular complexity index is 283. The Balaban J connectivity index is 2.15. The SMILES string of the molecule is CCCNC(C)(CCCCSC1CCOCC1)C(N)=O. The molecule has 1 aliphatic heterocycles. The minimum absolute atomic E-state index is 0.233. The van der Waals surface area contributed by atoms with Crippen molar-refractivity contribution in [3.05, 3.63) is 0 Å². The van der Waals surface area contributed by atoms with Gasteiger partial charge in [-0.15, -0.1) is 0 Å². The Kier molecular flexibility index (Phi) is 8.57. The smallest absolute Gasteiger partial charge is 0.237 e. The van der Waals surface area contributed by atoms with Crippen LogP contribution >= 0.6 is 11.8 Å². The number of primary amides is 1. The van der Waals surface area contributed by atoms with Crippen LogP contribution in [0, 0.1) is 0 Å². The molecule has 0 aliphatic carbocycles. The third-order valence-corrected chi connectivity index (χ3v) is 5.37. The molecule has 1 atom stereocenters. The van der Waals surface area contributed by atoms with Gasteiger partial charge in [0.25, 0.3) is 0 Å². The quantitative estimate of drug-likeness (QED) is 0.608. The fourth-order valence-corrected chi connectivity index (χ4v) is 3.60. The molecule has 0 radical (unpaired) electrons. The summed E-state index contributed by atoms with van der Waals surface area (Å²) in [5, 5.41) is 4.06. The van der Waals surface area contributed by atoms with E-state index >= 15 is 0 Å². The average Bonchev–Trinajstić information content (AvgIpc) is 2.45. The topological polar surface area (TPSA) is 64.3 Å². The van der Waals surface area contributed by atoms with E-state index in [0.29, 0.717) is 0 Å². The number of nitrogens with one attached hydrogen (secondary N) is 1. The Morgan fingerprint density at radius 1 is 1.40 bits per heavy atom. The number of thioether (sulfide) groups is 1. The fourth-order valence-electron chi connectivity index (χ4n) is 2.37. The summed E-state index contributed by atoms with van der Waals surface area (Å²) in [5.74, 6) is 0.941. The van der Waals surface area contributed by atoms with Crippen LogP contribution in [-0.4, -0.2) is 42.2 Å². The molecule has 0 bridgehead atoms. The van der Waals surface area contributed by atoms with Gasteiger partial charge in [0, 0.05) is 18.5 Å². The Morgan fingerprint density at radius 3 is 2.70 bits per heavy atom. The first-order valence-corrected chi connectivity index (χ1v) is 8.87. The highest BCUT2D eigenvalue weighted by Crippen LogP contribution is 2.24. The summed E-state index contributed by atoms with van der Waals surface area (Å²) in [5.41, 5.74) is 4.98. The predicted octanol–water partition coefficient (Wildman–Crippen LogP) is 2.31. The van der Waals surface area contributed by atoms with Crippen molar-refractivity contribution >= 4 is 17.7 Å². The van der Waals surface area contributed by atoms with Crippen LogP contribution in [-0.2, 0) is 9.53 Å². The molecule has 1 aliphatic rings. The van der Waals surface area contributed by atoms with Crippen LogP contribution in [0.4, 0.5) is 0 Å². The maximum Gasteiger partial charge on any atom is 0.237 e. The predicted molar refractivity (Wildman–Crippen MR) is 86.0 cm³/mol. The van der Waals surface area contributed by atoms with Gasteiger partial charge in [-0.1, -0.05) is 13.3 Å². The van der Waals surface area contributed by atoms with Crippen molar-refractivity contribution in [2.24, 2.45) is 5.73 Å². The minimum atomic E-state index is -0.542. The maximum atomic E-state index is 11.6. The van der Waals surface area contributed by atoms with Gasteiger partial charge in [0.05, 0.1) is 5.54 Å². The van der Waals surface area contributed by atoms with E-state index < -0.39 is 5.54 Å². The molecule has 1 heterocycles. The van der Waals surface area contributed by atoms with E-state index in [2.05, 4.69) is 24.0 Å². The third kappa shape index (κ3) is 6.46. The molecule has 0 aromatic rings. The van der Waals surface area contributed by atoms with Gasteiger partial charge in [0.15, 0.2) is 0 Å². The van der Waals surface area contributed by atoms with Crippen LogP contribution in [0.25, 0.3) is 0 Å². The Morgan fingerprint density at radius 2 is 2.10 bits per heavy atom. The van der Waals surface area contributed by atoms with E-state index in [4.69, 9.17) is 10.5 Å². The van der Waals surface area contributed by atoms with Crippen molar-refractivity contribution in [3.63, 3.8) is 0 Å². The van der Waals surface area contributed by atoms with E-state index in [1.165, 1.54) is 18.6 Å².